The Bertz CT molecular complexity index is 519. The first kappa shape index (κ1) is 14.4. The van der Waals surface area contributed by atoms with E-state index in [0.717, 1.165) is 17.0 Å². The second kappa shape index (κ2) is 5.93. The summed E-state index contributed by atoms with van der Waals surface area (Å²) >= 11 is 3.38. The molecule has 1 aromatic heterocycles. The third-order valence-corrected chi connectivity index (χ3v) is 3.95. The molecule has 0 saturated carbocycles. The molecule has 0 amide bonds. The van der Waals surface area contributed by atoms with E-state index in [1.165, 1.54) is 5.56 Å². The highest BCUT2D eigenvalue weighted by molar-refractivity contribution is 9.10. The number of nitrogens with one attached hydrogen (secondary N) is 1. The van der Waals surface area contributed by atoms with E-state index in [2.05, 4.69) is 66.3 Å². The first-order chi connectivity index (χ1) is 9.05. The van der Waals surface area contributed by atoms with E-state index in [4.69, 9.17) is 4.42 Å². The van der Waals surface area contributed by atoms with Crippen LogP contribution >= 0.6 is 15.9 Å². The summed E-state index contributed by atoms with van der Waals surface area (Å²) in [6, 6.07) is 14.7. The first-order valence-corrected chi connectivity index (χ1v) is 7.39. The van der Waals surface area contributed by atoms with E-state index in [-0.39, 0.29) is 11.5 Å². The molecule has 1 aromatic carbocycles. The van der Waals surface area contributed by atoms with Crippen LogP contribution in [0.5, 0.6) is 0 Å². The van der Waals surface area contributed by atoms with Gasteiger partial charge >= 0.3 is 0 Å². The maximum absolute atomic E-state index is 5.76. The topological polar surface area (TPSA) is 25.2 Å². The fraction of sp³-hybridized carbons (Fsp3) is 0.375. The highest BCUT2D eigenvalue weighted by atomic mass is 79.9. The second-order valence-corrected chi connectivity index (χ2v) is 6.00. The summed E-state index contributed by atoms with van der Waals surface area (Å²) in [5, 5.41) is 3.54. The van der Waals surface area contributed by atoms with Crippen molar-refractivity contribution in [3.63, 3.8) is 0 Å². The molecule has 3 heteroatoms. The summed E-state index contributed by atoms with van der Waals surface area (Å²) in [5.74, 6) is 0.961. The van der Waals surface area contributed by atoms with Gasteiger partial charge in [-0.05, 0) is 40.2 Å². The van der Waals surface area contributed by atoms with Gasteiger partial charge in [0.2, 0.25) is 0 Å². The molecule has 0 aliphatic carbocycles. The van der Waals surface area contributed by atoms with Crippen molar-refractivity contribution in [2.45, 2.75) is 32.2 Å². The molecule has 0 radical (unpaired) electrons. The molecule has 1 heterocycles. The SMILES string of the molecule is CCNC(c1ccc(Br)o1)C(C)(C)c1ccccc1. The van der Waals surface area contributed by atoms with E-state index >= 15 is 0 Å². The summed E-state index contributed by atoms with van der Waals surface area (Å²) in [5.41, 5.74) is 1.25. The first-order valence-electron chi connectivity index (χ1n) is 6.60. The van der Waals surface area contributed by atoms with Gasteiger partial charge in [-0.1, -0.05) is 51.1 Å². The van der Waals surface area contributed by atoms with E-state index < -0.39 is 0 Å². The lowest BCUT2D eigenvalue weighted by atomic mass is 9.76. The number of hydrogen-bond acceptors (Lipinski definition) is 2. The van der Waals surface area contributed by atoms with Gasteiger partial charge in [0.1, 0.15) is 5.76 Å². The Balaban J connectivity index is 2.38. The van der Waals surface area contributed by atoms with E-state index in [1.54, 1.807) is 0 Å². The Kier molecular flexibility index (Phi) is 4.48. The van der Waals surface area contributed by atoms with Crippen molar-refractivity contribution in [1.29, 1.82) is 0 Å². The van der Waals surface area contributed by atoms with Crippen LogP contribution < -0.4 is 5.32 Å². The number of likely N-dealkylation sites (N-methyl/N-ethyl adjacent to an activating group) is 1. The van der Waals surface area contributed by atoms with E-state index in [0.29, 0.717) is 0 Å². The number of benzene rings is 1. The molecule has 1 atom stereocenters. The number of hydrogen-bond donors (Lipinski definition) is 1. The van der Waals surface area contributed by atoms with Crippen LogP contribution in [0.3, 0.4) is 0 Å². The standard InChI is InChI=1S/C16H20BrNO/c1-4-18-15(13-10-11-14(17)19-13)16(2,3)12-8-6-5-7-9-12/h5-11,15,18H,4H2,1-3H3. The normalized spacial score (nSPS) is 13.5. The van der Waals surface area contributed by atoms with Crippen LogP contribution in [0.25, 0.3) is 0 Å². The number of rotatable bonds is 5. The number of furan rings is 1. The third-order valence-electron chi connectivity index (χ3n) is 3.53. The molecule has 2 aromatic rings. The minimum absolute atomic E-state index is 0.0471. The van der Waals surface area contributed by atoms with Gasteiger partial charge in [0.15, 0.2) is 4.67 Å². The van der Waals surface area contributed by atoms with Crippen LogP contribution in [0, 0.1) is 0 Å². The molecule has 19 heavy (non-hydrogen) atoms. The van der Waals surface area contributed by atoms with Crippen LogP contribution in [0.2, 0.25) is 0 Å². The molecule has 0 aliphatic rings. The zero-order valence-corrected chi connectivity index (χ0v) is 13.2. The summed E-state index contributed by atoms with van der Waals surface area (Å²) < 4.78 is 6.53. The maximum atomic E-state index is 5.76. The second-order valence-electron chi connectivity index (χ2n) is 5.22. The highest BCUT2D eigenvalue weighted by Crippen LogP contribution is 2.37. The van der Waals surface area contributed by atoms with Gasteiger partial charge in [0.05, 0.1) is 6.04 Å². The van der Waals surface area contributed by atoms with Crippen molar-refractivity contribution in [2.24, 2.45) is 0 Å². The predicted molar refractivity (Wildman–Crippen MR) is 82.3 cm³/mol. The third kappa shape index (κ3) is 3.10. The average molecular weight is 322 g/mol. The Hall–Kier alpha value is -1.06. The van der Waals surface area contributed by atoms with Gasteiger partial charge < -0.3 is 9.73 Å². The Morgan fingerprint density at radius 3 is 2.37 bits per heavy atom. The van der Waals surface area contributed by atoms with Crippen LogP contribution in [0.4, 0.5) is 0 Å². The Morgan fingerprint density at radius 1 is 1.16 bits per heavy atom. The van der Waals surface area contributed by atoms with Gasteiger partial charge in [0, 0.05) is 5.41 Å². The summed E-state index contributed by atoms with van der Waals surface area (Å²) in [7, 11) is 0. The van der Waals surface area contributed by atoms with Crippen molar-refractivity contribution in [1.82, 2.24) is 5.32 Å². The Labute approximate surface area is 123 Å². The van der Waals surface area contributed by atoms with Crippen molar-refractivity contribution in [3.8, 4) is 0 Å². The van der Waals surface area contributed by atoms with Gasteiger partial charge in [-0.25, -0.2) is 0 Å². The van der Waals surface area contributed by atoms with Crippen LogP contribution in [-0.2, 0) is 5.41 Å². The molecule has 1 unspecified atom stereocenters. The molecule has 0 aliphatic heterocycles. The highest BCUT2D eigenvalue weighted by Gasteiger charge is 2.33. The predicted octanol–water partition coefficient (Wildman–Crippen LogP) is 4.67. The summed E-state index contributed by atoms with van der Waals surface area (Å²) in [6.45, 7) is 7.50. The smallest absolute Gasteiger partial charge is 0.169 e. The zero-order valence-electron chi connectivity index (χ0n) is 11.6. The zero-order chi connectivity index (χ0) is 13.9. The van der Waals surface area contributed by atoms with Crippen molar-refractivity contribution >= 4 is 15.9 Å². The molecule has 0 spiro atoms. The van der Waals surface area contributed by atoms with Crippen molar-refractivity contribution in [2.75, 3.05) is 6.54 Å². The molecule has 102 valence electrons. The quantitative estimate of drug-likeness (QED) is 0.865. The van der Waals surface area contributed by atoms with Crippen LogP contribution in [0.1, 0.15) is 38.1 Å². The lowest BCUT2D eigenvalue weighted by molar-refractivity contribution is 0.297. The Morgan fingerprint density at radius 2 is 1.84 bits per heavy atom. The summed E-state index contributed by atoms with van der Waals surface area (Å²) in [4.78, 5) is 0. The van der Waals surface area contributed by atoms with Crippen molar-refractivity contribution < 1.29 is 4.42 Å². The van der Waals surface area contributed by atoms with Crippen LogP contribution in [0.15, 0.2) is 51.6 Å². The molecule has 0 bridgehead atoms. The fourth-order valence-electron chi connectivity index (χ4n) is 2.43. The average Bonchev–Trinajstić information content (AvgIpc) is 2.83. The van der Waals surface area contributed by atoms with Gasteiger partial charge in [0.25, 0.3) is 0 Å². The largest absolute Gasteiger partial charge is 0.453 e. The summed E-state index contributed by atoms with van der Waals surface area (Å²) in [6.07, 6.45) is 0. The van der Waals surface area contributed by atoms with Gasteiger partial charge in [-0.2, -0.15) is 0 Å². The molecular weight excluding hydrogens is 302 g/mol. The minimum atomic E-state index is -0.0471. The van der Waals surface area contributed by atoms with E-state index in [9.17, 15) is 0 Å². The van der Waals surface area contributed by atoms with Gasteiger partial charge in [-0.3, -0.25) is 0 Å². The molecule has 1 N–H and O–H groups in total. The monoisotopic (exact) mass is 321 g/mol. The molecular formula is C16H20BrNO. The molecule has 2 rings (SSSR count). The lowest BCUT2D eigenvalue weighted by Crippen LogP contribution is -2.37. The fourth-order valence-corrected chi connectivity index (χ4v) is 2.75. The minimum Gasteiger partial charge on any atom is -0.453 e. The number of halogens is 1. The molecule has 2 nitrogen and oxygen atoms in total. The van der Waals surface area contributed by atoms with Crippen molar-refractivity contribution in [3.05, 3.63) is 58.5 Å². The van der Waals surface area contributed by atoms with Crippen LogP contribution in [-0.4, -0.2) is 6.54 Å². The van der Waals surface area contributed by atoms with Gasteiger partial charge in [-0.15, -0.1) is 0 Å². The maximum Gasteiger partial charge on any atom is 0.169 e. The molecule has 0 saturated heterocycles. The molecule has 0 fully saturated rings. The van der Waals surface area contributed by atoms with E-state index in [1.807, 2.05) is 18.2 Å². The lowest BCUT2D eigenvalue weighted by Gasteiger charge is -2.34.